The van der Waals surface area contributed by atoms with Crippen LogP contribution in [0.4, 0.5) is 0 Å². The van der Waals surface area contributed by atoms with Gasteiger partial charge < -0.3 is 5.32 Å². The first kappa shape index (κ1) is 11.0. The molecule has 0 aromatic rings. The molecule has 1 N–H and O–H groups in total. The number of piperazine rings is 1. The number of hydrogen-bond donors (Lipinski definition) is 1. The molecule has 0 aromatic carbocycles. The number of rotatable bonds is 4. The van der Waals surface area contributed by atoms with Gasteiger partial charge >= 0.3 is 0 Å². The van der Waals surface area contributed by atoms with Crippen LogP contribution in [0, 0.1) is 0 Å². The minimum Gasteiger partial charge on any atom is -0.309 e. The zero-order chi connectivity index (χ0) is 9.68. The van der Waals surface area contributed by atoms with Crippen molar-refractivity contribution in [3.05, 3.63) is 0 Å². The van der Waals surface area contributed by atoms with E-state index in [4.69, 9.17) is 0 Å². The summed E-state index contributed by atoms with van der Waals surface area (Å²) < 4.78 is 0. The first-order chi connectivity index (χ1) is 6.33. The van der Waals surface area contributed by atoms with Crippen LogP contribution in [0.5, 0.6) is 0 Å². The Morgan fingerprint density at radius 3 is 2.54 bits per heavy atom. The maximum absolute atomic E-state index is 3.46. The average molecular weight is 185 g/mol. The van der Waals surface area contributed by atoms with Crippen LogP contribution in [0.1, 0.15) is 20.8 Å². The van der Waals surface area contributed by atoms with Gasteiger partial charge in [-0.3, -0.25) is 0 Å². The number of hydrogen-bond acceptors (Lipinski definition) is 3. The second-order valence-electron chi connectivity index (χ2n) is 3.53. The lowest BCUT2D eigenvalue weighted by Crippen LogP contribution is -2.61. The summed E-state index contributed by atoms with van der Waals surface area (Å²) in [5.41, 5.74) is 0. The largest absolute Gasteiger partial charge is 0.309 e. The highest BCUT2D eigenvalue weighted by atomic mass is 15.4. The number of nitrogens with one attached hydrogen (secondary N) is 1. The van der Waals surface area contributed by atoms with Crippen molar-refractivity contribution in [3.8, 4) is 0 Å². The molecule has 0 amide bonds. The van der Waals surface area contributed by atoms with E-state index in [0.717, 1.165) is 26.2 Å². The molecule has 1 rings (SSSR count). The van der Waals surface area contributed by atoms with Gasteiger partial charge in [0.1, 0.15) is 13.1 Å². The molecule has 1 fully saturated rings. The van der Waals surface area contributed by atoms with Crippen molar-refractivity contribution in [2.75, 3.05) is 39.3 Å². The Labute approximate surface area is 82.1 Å². The van der Waals surface area contributed by atoms with Crippen molar-refractivity contribution >= 4 is 0 Å². The summed E-state index contributed by atoms with van der Waals surface area (Å²) in [6.45, 7) is 13.7. The molecule has 13 heavy (non-hydrogen) atoms. The third-order valence-corrected chi connectivity index (χ3v) is 2.96. The van der Waals surface area contributed by atoms with Crippen LogP contribution in [-0.4, -0.2) is 50.3 Å². The van der Waals surface area contributed by atoms with Crippen molar-refractivity contribution in [2.45, 2.75) is 26.9 Å². The maximum Gasteiger partial charge on any atom is 0.201 e. The fourth-order valence-electron chi connectivity index (χ4n) is 2.11. The Balaban J connectivity index is 2.51. The summed E-state index contributed by atoms with van der Waals surface area (Å²) in [5.74, 6) is 0. The topological polar surface area (TPSA) is 21.2 Å². The van der Waals surface area contributed by atoms with Gasteiger partial charge in [-0.05, 0) is 13.8 Å². The van der Waals surface area contributed by atoms with Crippen molar-refractivity contribution < 1.29 is 0 Å². The standard InChI is InChI=1S/C10H23N3/c1-4-12(5-2)10-9-11-7-8-13(10)6-3/h10-11H,4-9H2,1-3H3/q+1. The Morgan fingerprint density at radius 2 is 2.00 bits per heavy atom. The molecule has 3 heteroatoms. The monoisotopic (exact) mass is 185 g/mol. The molecular weight excluding hydrogens is 162 g/mol. The molecule has 0 aromatic heterocycles. The van der Waals surface area contributed by atoms with Gasteiger partial charge in [0.2, 0.25) is 6.17 Å². The first-order valence-corrected chi connectivity index (χ1v) is 5.52. The summed E-state index contributed by atoms with van der Waals surface area (Å²) in [5, 5.41) is 3.46. The fraction of sp³-hybridized carbons (Fsp3) is 1.00. The molecule has 3 nitrogen and oxygen atoms in total. The average Bonchev–Trinajstić information content (AvgIpc) is 2.20. The van der Waals surface area contributed by atoms with Crippen LogP contribution in [0.2, 0.25) is 0 Å². The summed E-state index contributed by atoms with van der Waals surface area (Å²) >= 11 is 0. The second-order valence-corrected chi connectivity index (χ2v) is 3.53. The van der Waals surface area contributed by atoms with E-state index in [9.17, 15) is 0 Å². The molecule has 0 saturated carbocycles. The van der Waals surface area contributed by atoms with E-state index in [0.29, 0.717) is 6.17 Å². The van der Waals surface area contributed by atoms with Gasteiger partial charge in [-0.25, -0.2) is 4.90 Å². The third-order valence-electron chi connectivity index (χ3n) is 2.96. The highest BCUT2D eigenvalue weighted by Gasteiger charge is 2.31. The van der Waals surface area contributed by atoms with Gasteiger partial charge in [0.05, 0.1) is 6.54 Å². The molecule has 1 aliphatic heterocycles. The summed E-state index contributed by atoms with van der Waals surface area (Å²) in [7, 11) is 0. The van der Waals surface area contributed by atoms with Crippen molar-refractivity contribution in [1.29, 1.82) is 0 Å². The van der Waals surface area contributed by atoms with Gasteiger partial charge in [0, 0.05) is 19.6 Å². The van der Waals surface area contributed by atoms with Gasteiger partial charge in [0.15, 0.2) is 0 Å². The smallest absolute Gasteiger partial charge is 0.201 e. The zero-order valence-electron chi connectivity index (χ0n) is 9.21. The molecule has 0 aliphatic carbocycles. The number of nitrogens with zero attached hydrogens (tertiary/aromatic N) is 2. The summed E-state index contributed by atoms with van der Waals surface area (Å²) in [4.78, 5) is 5.08. The molecule has 1 unspecified atom stereocenters. The Bertz CT molecular complexity index is 127. The second kappa shape index (κ2) is 5.58. The minimum absolute atomic E-state index is 0.619. The Kier molecular flexibility index (Phi) is 4.70. The first-order valence-electron chi connectivity index (χ1n) is 5.52. The predicted octanol–water partition coefficient (Wildman–Crippen LogP) is 0.417. The fourth-order valence-corrected chi connectivity index (χ4v) is 2.11. The molecular formula is C10H23N3+. The van der Waals surface area contributed by atoms with E-state index in [1.54, 1.807) is 0 Å². The highest BCUT2D eigenvalue weighted by Crippen LogP contribution is 2.05. The third kappa shape index (κ3) is 2.66. The van der Waals surface area contributed by atoms with Crippen LogP contribution >= 0.6 is 0 Å². The van der Waals surface area contributed by atoms with Crippen molar-refractivity contribution in [1.82, 2.24) is 15.1 Å². The van der Waals surface area contributed by atoms with Crippen LogP contribution in [0.15, 0.2) is 0 Å². The van der Waals surface area contributed by atoms with E-state index in [1.165, 1.54) is 13.1 Å². The summed E-state index contributed by atoms with van der Waals surface area (Å²) in [6, 6.07) is 0. The van der Waals surface area contributed by atoms with Gasteiger partial charge in [0.25, 0.3) is 0 Å². The summed E-state index contributed by atoms with van der Waals surface area (Å²) in [6.07, 6.45) is 0.619. The Morgan fingerprint density at radius 1 is 1.31 bits per heavy atom. The molecule has 77 valence electrons. The molecule has 0 bridgehead atoms. The molecule has 1 saturated heterocycles. The van der Waals surface area contributed by atoms with Gasteiger partial charge in [-0.2, -0.15) is 4.90 Å². The van der Waals surface area contributed by atoms with Gasteiger partial charge in [-0.1, -0.05) is 6.92 Å². The predicted molar refractivity (Wildman–Crippen MR) is 57.1 cm³/mol. The maximum atomic E-state index is 3.46. The Hall–Kier alpha value is -0.120. The van der Waals surface area contributed by atoms with E-state index in [2.05, 4.69) is 35.9 Å². The quantitative estimate of drug-likeness (QED) is 0.641. The van der Waals surface area contributed by atoms with Crippen molar-refractivity contribution in [3.63, 3.8) is 0 Å². The molecule has 1 heterocycles. The molecule has 1 radical (unpaired) electrons. The van der Waals surface area contributed by atoms with Crippen molar-refractivity contribution in [2.24, 2.45) is 0 Å². The highest BCUT2D eigenvalue weighted by molar-refractivity contribution is 4.81. The molecule has 0 spiro atoms. The lowest BCUT2D eigenvalue weighted by atomic mass is 10.2. The van der Waals surface area contributed by atoms with E-state index in [-0.39, 0.29) is 0 Å². The SMILES string of the molecule is CCN1CCNCC1[N+](CC)CC. The molecule has 1 atom stereocenters. The lowest BCUT2D eigenvalue weighted by molar-refractivity contribution is 0.0890. The lowest BCUT2D eigenvalue weighted by Gasteiger charge is -2.34. The van der Waals surface area contributed by atoms with E-state index < -0.39 is 0 Å². The van der Waals surface area contributed by atoms with Crippen LogP contribution in [0.3, 0.4) is 0 Å². The van der Waals surface area contributed by atoms with E-state index >= 15 is 0 Å². The van der Waals surface area contributed by atoms with Gasteiger partial charge in [-0.15, -0.1) is 0 Å². The molecule has 1 aliphatic rings. The van der Waals surface area contributed by atoms with Crippen LogP contribution < -0.4 is 10.2 Å². The van der Waals surface area contributed by atoms with E-state index in [1.807, 2.05) is 0 Å². The minimum atomic E-state index is 0.619. The number of likely N-dealkylation sites (N-methyl/N-ethyl adjacent to an activating group) is 2. The van der Waals surface area contributed by atoms with Crippen LogP contribution in [-0.2, 0) is 0 Å². The van der Waals surface area contributed by atoms with Crippen LogP contribution in [0.25, 0.3) is 0 Å². The zero-order valence-corrected chi connectivity index (χ0v) is 9.21. The normalized spacial score (nSPS) is 25.4.